The number of hydrogen-bond acceptors (Lipinski definition) is 4. The van der Waals surface area contributed by atoms with Gasteiger partial charge in [0.25, 0.3) is 0 Å². The van der Waals surface area contributed by atoms with E-state index < -0.39 is 0 Å². The SMILES string of the molecule is CCCN1CCN(C[C@@H](Cc2ccccc2)N2CCc3sccc3C2)CC1. The third kappa shape index (κ3) is 5.00. The maximum atomic E-state index is 2.75. The molecule has 1 saturated heterocycles. The van der Waals surface area contributed by atoms with E-state index >= 15 is 0 Å². The van der Waals surface area contributed by atoms with Gasteiger partial charge in [-0.05, 0) is 48.4 Å². The lowest BCUT2D eigenvalue weighted by Crippen LogP contribution is -2.52. The fourth-order valence-corrected chi connectivity index (χ4v) is 5.48. The van der Waals surface area contributed by atoms with E-state index in [0.717, 1.165) is 13.0 Å². The van der Waals surface area contributed by atoms with Crippen molar-refractivity contribution in [2.75, 3.05) is 45.8 Å². The van der Waals surface area contributed by atoms with Crippen LogP contribution in [-0.4, -0.2) is 66.6 Å². The number of rotatable bonds is 7. The molecule has 27 heavy (non-hydrogen) atoms. The Labute approximate surface area is 168 Å². The van der Waals surface area contributed by atoms with Gasteiger partial charge in [-0.25, -0.2) is 0 Å². The predicted molar refractivity (Wildman–Crippen MR) is 116 cm³/mol. The monoisotopic (exact) mass is 383 g/mol. The molecule has 1 atom stereocenters. The van der Waals surface area contributed by atoms with Gasteiger partial charge in [-0.3, -0.25) is 9.80 Å². The first kappa shape index (κ1) is 19.1. The van der Waals surface area contributed by atoms with Crippen LogP contribution in [0.3, 0.4) is 0 Å². The van der Waals surface area contributed by atoms with Gasteiger partial charge in [0.2, 0.25) is 0 Å². The molecule has 146 valence electrons. The van der Waals surface area contributed by atoms with Gasteiger partial charge in [0.05, 0.1) is 0 Å². The van der Waals surface area contributed by atoms with Crippen molar-refractivity contribution in [3.05, 3.63) is 57.8 Å². The molecule has 4 rings (SSSR count). The summed E-state index contributed by atoms with van der Waals surface area (Å²) in [6.45, 7) is 12.0. The third-order valence-corrected chi connectivity index (χ3v) is 7.16. The van der Waals surface area contributed by atoms with Gasteiger partial charge in [-0.15, -0.1) is 11.3 Å². The lowest BCUT2D eigenvalue weighted by Gasteiger charge is -2.40. The van der Waals surface area contributed by atoms with Crippen molar-refractivity contribution in [3.8, 4) is 0 Å². The van der Waals surface area contributed by atoms with Crippen LogP contribution in [0.15, 0.2) is 41.8 Å². The molecule has 1 aromatic heterocycles. The maximum absolute atomic E-state index is 2.75. The first-order valence-corrected chi connectivity index (χ1v) is 11.5. The second-order valence-corrected chi connectivity index (χ2v) is 9.08. The van der Waals surface area contributed by atoms with Crippen LogP contribution in [-0.2, 0) is 19.4 Å². The van der Waals surface area contributed by atoms with Crippen LogP contribution in [0.1, 0.15) is 29.3 Å². The first-order chi connectivity index (χ1) is 13.3. The maximum Gasteiger partial charge on any atom is 0.0267 e. The molecular weight excluding hydrogens is 350 g/mol. The molecule has 3 nitrogen and oxygen atoms in total. The average Bonchev–Trinajstić information content (AvgIpc) is 3.18. The van der Waals surface area contributed by atoms with Crippen LogP contribution in [0, 0.1) is 0 Å². The molecule has 0 saturated carbocycles. The summed E-state index contributed by atoms with van der Waals surface area (Å²) < 4.78 is 0. The van der Waals surface area contributed by atoms with E-state index in [2.05, 4.69) is 63.4 Å². The second-order valence-electron chi connectivity index (χ2n) is 8.08. The third-order valence-electron chi connectivity index (χ3n) is 6.14. The average molecular weight is 384 g/mol. The molecule has 0 radical (unpaired) electrons. The van der Waals surface area contributed by atoms with Gasteiger partial charge in [0.15, 0.2) is 0 Å². The van der Waals surface area contributed by atoms with Crippen molar-refractivity contribution in [2.45, 2.75) is 38.8 Å². The Hall–Kier alpha value is -1.20. The van der Waals surface area contributed by atoms with E-state index in [1.54, 1.807) is 10.4 Å². The molecule has 2 aromatic rings. The number of thiophene rings is 1. The summed E-state index contributed by atoms with van der Waals surface area (Å²) in [6.07, 6.45) is 3.66. The Morgan fingerprint density at radius 2 is 1.74 bits per heavy atom. The fraction of sp³-hybridized carbons (Fsp3) is 0.565. The largest absolute Gasteiger partial charge is 0.301 e. The van der Waals surface area contributed by atoms with E-state index in [-0.39, 0.29) is 0 Å². The lowest BCUT2D eigenvalue weighted by atomic mass is 10.0. The minimum Gasteiger partial charge on any atom is -0.301 e. The molecule has 1 fully saturated rings. The van der Waals surface area contributed by atoms with E-state index in [1.165, 1.54) is 64.2 Å². The molecule has 2 aliphatic rings. The summed E-state index contributed by atoms with van der Waals surface area (Å²) in [6, 6.07) is 14.0. The van der Waals surface area contributed by atoms with Crippen LogP contribution in [0.25, 0.3) is 0 Å². The van der Waals surface area contributed by atoms with Crippen LogP contribution < -0.4 is 0 Å². The Kier molecular flexibility index (Phi) is 6.61. The molecule has 0 N–H and O–H groups in total. The van der Waals surface area contributed by atoms with Gasteiger partial charge in [0.1, 0.15) is 0 Å². The van der Waals surface area contributed by atoms with Gasteiger partial charge in [-0.2, -0.15) is 0 Å². The quantitative estimate of drug-likeness (QED) is 0.721. The Morgan fingerprint density at radius 3 is 2.52 bits per heavy atom. The Bertz CT molecular complexity index is 691. The van der Waals surface area contributed by atoms with Crippen molar-refractivity contribution in [3.63, 3.8) is 0 Å². The number of benzene rings is 1. The topological polar surface area (TPSA) is 9.72 Å². The molecule has 4 heteroatoms. The van der Waals surface area contributed by atoms with Crippen LogP contribution in [0.4, 0.5) is 0 Å². The van der Waals surface area contributed by atoms with Gasteiger partial charge >= 0.3 is 0 Å². The van der Waals surface area contributed by atoms with E-state index in [1.807, 2.05) is 11.3 Å². The lowest BCUT2D eigenvalue weighted by molar-refractivity contribution is 0.0840. The van der Waals surface area contributed by atoms with Crippen LogP contribution in [0.5, 0.6) is 0 Å². The second kappa shape index (κ2) is 9.33. The van der Waals surface area contributed by atoms with E-state index in [4.69, 9.17) is 0 Å². The van der Waals surface area contributed by atoms with Gasteiger partial charge in [-0.1, -0.05) is 37.3 Å². The van der Waals surface area contributed by atoms with Gasteiger partial charge in [0, 0.05) is 56.7 Å². The van der Waals surface area contributed by atoms with E-state index in [9.17, 15) is 0 Å². The molecular formula is C23H33N3S. The number of hydrogen-bond donors (Lipinski definition) is 0. The van der Waals surface area contributed by atoms with Crippen molar-refractivity contribution >= 4 is 11.3 Å². The number of nitrogens with zero attached hydrogens (tertiary/aromatic N) is 3. The molecule has 0 bridgehead atoms. The normalized spacial score (nSPS) is 20.5. The summed E-state index contributed by atoms with van der Waals surface area (Å²) in [4.78, 5) is 9.70. The molecule has 0 aliphatic carbocycles. The summed E-state index contributed by atoms with van der Waals surface area (Å²) >= 11 is 1.94. The minimum absolute atomic E-state index is 0.609. The van der Waals surface area contributed by atoms with Crippen molar-refractivity contribution in [1.29, 1.82) is 0 Å². The first-order valence-electron chi connectivity index (χ1n) is 10.6. The predicted octanol–water partition coefficient (Wildman–Crippen LogP) is 3.75. The zero-order chi connectivity index (χ0) is 18.5. The zero-order valence-electron chi connectivity index (χ0n) is 16.6. The zero-order valence-corrected chi connectivity index (χ0v) is 17.5. The molecule has 0 unspecified atom stereocenters. The minimum atomic E-state index is 0.609. The highest BCUT2D eigenvalue weighted by molar-refractivity contribution is 7.10. The molecule has 0 amide bonds. The summed E-state index contributed by atoms with van der Waals surface area (Å²) in [7, 11) is 0. The summed E-state index contributed by atoms with van der Waals surface area (Å²) in [5, 5.41) is 2.27. The molecule has 2 aliphatic heterocycles. The Morgan fingerprint density at radius 1 is 0.963 bits per heavy atom. The van der Waals surface area contributed by atoms with Crippen LogP contribution >= 0.6 is 11.3 Å². The van der Waals surface area contributed by atoms with Crippen molar-refractivity contribution < 1.29 is 0 Å². The molecule has 3 heterocycles. The van der Waals surface area contributed by atoms with Crippen LogP contribution in [0.2, 0.25) is 0 Å². The highest BCUT2D eigenvalue weighted by atomic mass is 32.1. The molecule has 0 spiro atoms. The fourth-order valence-electron chi connectivity index (χ4n) is 4.59. The van der Waals surface area contributed by atoms with E-state index in [0.29, 0.717) is 6.04 Å². The van der Waals surface area contributed by atoms with Crippen molar-refractivity contribution in [2.24, 2.45) is 0 Å². The summed E-state index contributed by atoms with van der Waals surface area (Å²) in [5.74, 6) is 0. The summed E-state index contributed by atoms with van der Waals surface area (Å²) in [5.41, 5.74) is 3.04. The number of piperazine rings is 1. The molecule has 1 aromatic carbocycles. The Balaban J connectivity index is 1.42. The highest BCUT2D eigenvalue weighted by Gasteiger charge is 2.27. The van der Waals surface area contributed by atoms with Gasteiger partial charge < -0.3 is 4.90 Å². The van der Waals surface area contributed by atoms with Crippen molar-refractivity contribution in [1.82, 2.24) is 14.7 Å². The standard InChI is InChI=1S/C23H33N3S/c1-2-10-24-12-14-25(15-13-24)19-22(17-20-6-4-3-5-7-20)26-11-8-23-21(18-26)9-16-27-23/h3-7,9,16,22H,2,8,10-15,17-19H2,1H3/t22-/m1/s1. The number of fused-ring (bicyclic) bond motifs is 1. The smallest absolute Gasteiger partial charge is 0.0267 e. The highest BCUT2D eigenvalue weighted by Crippen LogP contribution is 2.26.